The van der Waals surface area contributed by atoms with Gasteiger partial charge in [0.05, 0.1) is 0 Å². The second-order valence-corrected chi connectivity index (χ2v) is 7.20. The Labute approximate surface area is 167 Å². The van der Waals surface area contributed by atoms with Crippen LogP contribution in [0, 0.1) is 5.82 Å². The number of hydrogen-bond acceptors (Lipinski definition) is 4. The van der Waals surface area contributed by atoms with Crippen molar-refractivity contribution < 1.29 is 23.5 Å². The van der Waals surface area contributed by atoms with Gasteiger partial charge in [-0.3, -0.25) is 4.79 Å². The molecule has 2 heterocycles. The van der Waals surface area contributed by atoms with Crippen LogP contribution >= 0.6 is 22.9 Å². The molecule has 0 fully saturated rings. The number of benzene rings is 2. The Balaban J connectivity index is 1.69. The van der Waals surface area contributed by atoms with Crippen molar-refractivity contribution in [2.24, 2.45) is 0 Å². The zero-order valence-corrected chi connectivity index (χ0v) is 15.6. The number of hydrogen-bond donors (Lipinski definition) is 2. The van der Waals surface area contributed by atoms with Crippen LogP contribution in [-0.2, 0) is 0 Å². The first kappa shape index (κ1) is 18.2. The van der Waals surface area contributed by atoms with Crippen LogP contribution in [0.1, 0.15) is 20.9 Å². The lowest BCUT2D eigenvalue weighted by molar-refractivity contribution is 0.0699. The van der Waals surface area contributed by atoms with Crippen LogP contribution in [-0.4, -0.2) is 17.0 Å². The largest absolute Gasteiger partial charge is 0.478 e. The smallest absolute Gasteiger partial charge is 0.339 e. The minimum Gasteiger partial charge on any atom is -0.478 e. The molecule has 0 aliphatic rings. The van der Waals surface area contributed by atoms with Gasteiger partial charge in [0, 0.05) is 21.4 Å². The fourth-order valence-corrected chi connectivity index (χ4v) is 3.89. The van der Waals surface area contributed by atoms with Crippen molar-refractivity contribution in [3.8, 4) is 11.1 Å². The monoisotopic (exact) mass is 415 g/mol. The van der Waals surface area contributed by atoms with Gasteiger partial charge in [-0.05, 0) is 29.8 Å². The van der Waals surface area contributed by atoms with E-state index in [0.29, 0.717) is 21.5 Å². The van der Waals surface area contributed by atoms with Gasteiger partial charge in [-0.15, -0.1) is 11.3 Å². The van der Waals surface area contributed by atoms with E-state index in [9.17, 15) is 19.1 Å². The predicted molar refractivity (Wildman–Crippen MR) is 106 cm³/mol. The number of para-hydroxylation sites is 1. The van der Waals surface area contributed by atoms with E-state index in [0.717, 1.165) is 11.3 Å². The lowest BCUT2D eigenvalue weighted by Crippen LogP contribution is -2.12. The van der Waals surface area contributed by atoms with Crippen LogP contribution in [0.3, 0.4) is 0 Å². The first-order valence-corrected chi connectivity index (χ1v) is 9.30. The van der Waals surface area contributed by atoms with Crippen molar-refractivity contribution in [2.45, 2.75) is 0 Å². The van der Waals surface area contributed by atoms with Gasteiger partial charge in [-0.2, -0.15) is 0 Å². The van der Waals surface area contributed by atoms with Crippen molar-refractivity contribution in [3.63, 3.8) is 0 Å². The maximum Gasteiger partial charge on any atom is 0.339 e. The molecule has 4 aromatic rings. The molecular formula is C20H11ClFNO4S. The van der Waals surface area contributed by atoms with Crippen LogP contribution < -0.4 is 5.32 Å². The standard InChI is InChI=1S/C20H11ClFNO4S/c21-12-6-4-10(5-7-12)13-9-28-19(16(13)20(25)26)23-18(24)15-8-11-2-1-3-14(22)17(11)27-15/h1-9H,(H,23,24)(H,25,26). The van der Waals surface area contributed by atoms with E-state index >= 15 is 0 Å². The molecule has 0 saturated heterocycles. The van der Waals surface area contributed by atoms with Gasteiger partial charge < -0.3 is 14.8 Å². The number of amides is 1. The van der Waals surface area contributed by atoms with E-state index in [4.69, 9.17) is 16.0 Å². The third-order valence-corrected chi connectivity index (χ3v) is 5.25. The lowest BCUT2D eigenvalue weighted by Gasteiger charge is -2.05. The van der Waals surface area contributed by atoms with Gasteiger partial charge in [0.2, 0.25) is 0 Å². The van der Waals surface area contributed by atoms with Gasteiger partial charge >= 0.3 is 5.97 Å². The third-order valence-electron chi connectivity index (χ3n) is 4.11. The minimum atomic E-state index is -1.18. The Kier molecular flexibility index (Phi) is 4.62. The summed E-state index contributed by atoms with van der Waals surface area (Å²) in [5, 5.41) is 15.0. The molecule has 0 radical (unpaired) electrons. The Morgan fingerprint density at radius 1 is 1.14 bits per heavy atom. The van der Waals surface area contributed by atoms with Crippen LogP contribution in [0.5, 0.6) is 0 Å². The summed E-state index contributed by atoms with van der Waals surface area (Å²) in [6.07, 6.45) is 0. The number of rotatable bonds is 4. The zero-order chi connectivity index (χ0) is 19.8. The highest BCUT2D eigenvalue weighted by molar-refractivity contribution is 7.15. The van der Waals surface area contributed by atoms with Crippen LogP contribution in [0.4, 0.5) is 9.39 Å². The molecule has 2 aromatic carbocycles. The molecule has 2 aromatic heterocycles. The molecule has 5 nitrogen and oxygen atoms in total. The SMILES string of the molecule is O=C(Nc1scc(-c2ccc(Cl)cc2)c1C(=O)O)c1cc2cccc(F)c2o1. The fraction of sp³-hybridized carbons (Fsp3) is 0. The van der Waals surface area contributed by atoms with Gasteiger partial charge in [0.1, 0.15) is 10.6 Å². The highest BCUT2D eigenvalue weighted by atomic mass is 35.5. The average Bonchev–Trinajstić information content (AvgIpc) is 3.27. The quantitative estimate of drug-likeness (QED) is 0.434. The van der Waals surface area contributed by atoms with E-state index < -0.39 is 17.7 Å². The number of furan rings is 1. The maximum absolute atomic E-state index is 13.8. The molecule has 0 spiro atoms. The molecular weight excluding hydrogens is 405 g/mol. The van der Waals surface area contributed by atoms with Crippen LogP contribution in [0.25, 0.3) is 22.1 Å². The van der Waals surface area contributed by atoms with E-state index in [-0.39, 0.29) is 21.9 Å². The third kappa shape index (κ3) is 3.26. The number of thiophene rings is 1. The highest BCUT2D eigenvalue weighted by Crippen LogP contribution is 2.36. The molecule has 4 rings (SSSR count). The summed E-state index contributed by atoms with van der Waals surface area (Å²) in [6, 6.07) is 12.5. The number of fused-ring (bicyclic) bond motifs is 1. The van der Waals surface area contributed by atoms with E-state index in [1.54, 1.807) is 35.7 Å². The molecule has 0 atom stereocenters. The topological polar surface area (TPSA) is 79.5 Å². The van der Waals surface area contributed by atoms with Gasteiger partial charge in [-0.1, -0.05) is 35.9 Å². The lowest BCUT2D eigenvalue weighted by atomic mass is 10.0. The highest BCUT2D eigenvalue weighted by Gasteiger charge is 2.23. The summed E-state index contributed by atoms with van der Waals surface area (Å²) < 4.78 is 19.1. The number of aromatic carboxylic acids is 1. The Morgan fingerprint density at radius 2 is 1.89 bits per heavy atom. The van der Waals surface area contributed by atoms with E-state index in [2.05, 4.69) is 5.32 Å². The molecule has 28 heavy (non-hydrogen) atoms. The number of carbonyl (C=O) groups excluding carboxylic acids is 1. The van der Waals surface area contributed by atoms with Crippen molar-refractivity contribution in [2.75, 3.05) is 5.32 Å². The summed E-state index contributed by atoms with van der Waals surface area (Å²) in [7, 11) is 0. The van der Waals surface area contributed by atoms with Gasteiger partial charge in [0.15, 0.2) is 17.2 Å². The average molecular weight is 416 g/mol. The van der Waals surface area contributed by atoms with Crippen molar-refractivity contribution in [3.05, 3.63) is 76.1 Å². The number of carboxylic acid groups (broad SMARTS) is 1. The van der Waals surface area contributed by atoms with Gasteiger partial charge in [-0.25, -0.2) is 9.18 Å². The molecule has 1 amide bonds. The van der Waals surface area contributed by atoms with Crippen molar-refractivity contribution in [1.29, 1.82) is 0 Å². The second kappa shape index (κ2) is 7.10. The first-order chi connectivity index (χ1) is 13.4. The summed E-state index contributed by atoms with van der Waals surface area (Å²) in [5.41, 5.74) is 1.05. The Hall–Kier alpha value is -3.16. The molecule has 0 bridgehead atoms. The predicted octanol–water partition coefficient (Wildman–Crippen LogP) is 5.90. The normalized spacial score (nSPS) is 10.9. The zero-order valence-electron chi connectivity index (χ0n) is 14.0. The van der Waals surface area contributed by atoms with Crippen molar-refractivity contribution >= 4 is 50.8 Å². The second-order valence-electron chi connectivity index (χ2n) is 5.89. The number of carbonyl (C=O) groups is 2. The summed E-state index contributed by atoms with van der Waals surface area (Å²) in [6.45, 7) is 0. The molecule has 0 saturated carbocycles. The van der Waals surface area contributed by atoms with Crippen LogP contribution in [0.15, 0.2) is 58.3 Å². The number of anilines is 1. The number of carboxylic acids is 1. The summed E-state index contributed by atoms with van der Waals surface area (Å²) in [4.78, 5) is 24.3. The summed E-state index contributed by atoms with van der Waals surface area (Å²) >= 11 is 6.96. The van der Waals surface area contributed by atoms with Gasteiger partial charge in [0.25, 0.3) is 5.91 Å². The molecule has 140 valence electrons. The number of halogens is 2. The molecule has 0 aliphatic carbocycles. The molecule has 0 unspecified atom stereocenters. The minimum absolute atomic E-state index is 0.0286. The van der Waals surface area contributed by atoms with E-state index in [1.807, 2.05) is 0 Å². The van der Waals surface area contributed by atoms with Crippen LogP contribution in [0.2, 0.25) is 5.02 Å². The fourth-order valence-electron chi connectivity index (χ4n) is 2.81. The number of nitrogens with one attached hydrogen (secondary N) is 1. The maximum atomic E-state index is 13.8. The molecule has 2 N–H and O–H groups in total. The Bertz CT molecular complexity index is 1210. The molecule has 8 heteroatoms. The van der Waals surface area contributed by atoms with E-state index in [1.165, 1.54) is 18.2 Å². The molecule has 0 aliphatic heterocycles. The first-order valence-electron chi connectivity index (χ1n) is 8.04. The summed E-state index contributed by atoms with van der Waals surface area (Å²) in [5.74, 6) is -2.54. The van der Waals surface area contributed by atoms with Crippen molar-refractivity contribution in [1.82, 2.24) is 0 Å². The Morgan fingerprint density at radius 3 is 2.57 bits per heavy atom.